The first-order chi connectivity index (χ1) is 16.2. The first-order valence-electron chi connectivity index (χ1n) is 10.8. The first kappa shape index (κ1) is 20.0. The number of amides is 1. The molecule has 0 radical (unpaired) electrons. The largest absolute Gasteiger partial charge is 0.486 e. The molecular weight excluding hydrogens is 442 g/mol. The molecular formula is C23H21N5O4S. The van der Waals surface area contributed by atoms with Crippen molar-refractivity contribution in [1.82, 2.24) is 19.2 Å². The third-order valence-corrected chi connectivity index (χ3v) is 7.00. The van der Waals surface area contributed by atoms with Crippen molar-refractivity contribution < 1.29 is 19.1 Å². The lowest BCUT2D eigenvalue weighted by molar-refractivity contribution is 0.114. The van der Waals surface area contributed by atoms with Crippen molar-refractivity contribution >= 4 is 34.7 Å². The number of anilines is 1. The van der Waals surface area contributed by atoms with Crippen molar-refractivity contribution in [3.63, 3.8) is 0 Å². The van der Waals surface area contributed by atoms with Crippen LogP contribution in [0, 0.1) is 0 Å². The Morgan fingerprint density at radius 1 is 1.15 bits per heavy atom. The van der Waals surface area contributed by atoms with Crippen LogP contribution in [0.4, 0.5) is 10.8 Å². The van der Waals surface area contributed by atoms with Gasteiger partial charge in [-0.3, -0.25) is 4.90 Å². The quantitative estimate of drug-likeness (QED) is 0.468. The number of benzene rings is 2. The van der Waals surface area contributed by atoms with E-state index in [4.69, 9.17) is 14.1 Å². The average molecular weight is 464 g/mol. The number of rotatable bonds is 5. The molecule has 33 heavy (non-hydrogen) atoms. The van der Waals surface area contributed by atoms with Crippen LogP contribution in [0.3, 0.4) is 0 Å². The third kappa shape index (κ3) is 3.56. The van der Waals surface area contributed by atoms with Gasteiger partial charge in [-0.2, -0.15) is 9.36 Å². The minimum atomic E-state index is -0.852. The van der Waals surface area contributed by atoms with Gasteiger partial charge in [0, 0.05) is 13.1 Å². The molecule has 0 aliphatic carbocycles. The lowest BCUT2D eigenvalue weighted by Gasteiger charge is -2.38. The maximum atomic E-state index is 11.6. The van der Waals surface area contributed by atoms with E-state index in [0.29, 0.717) is 42.6 Å². The normalized spacial score (nSPS) is 19.9. The standard InChI is InChI=1S/C23H21N5O4S/c29-23(30)28-15-6-7-16(28)11-27(10-15)22-26-19-18(31-12-14-4-2-1-3-5-14)9-8-17(20(19)32-22)21-24-13-25-33-21/h1-5,8-9,13,15-16H,6-7,10-12H2,(H,29,30). The maximum Gasteiger partial charge on any atom is 0.407 e. The van der Waals surface area contributed by atoms with Crippen molar-refractivity contribution in [3.8, 4) is 16.3 Å². The van der Waals surface area contributed by atoms with Gasteiger partial charge >= 0.3 is 6.09 Å². The van der Waals surface area contributed by atoms with Crippen LogP contribution in [-0.4, -0.2) is 55.6 Å². The molecule has 2 aliphatic heterocycles. The Hall–Kier alpha value is -3.66. The zero-order valence-corrected chi connectivity index (χ0v) is 18.4. The first-order valence-corrected chi connectivity index (χ1v) is 11.6. The highest BCUT2D eigenvalue weighted by Gasteiger charge is 2.44. The smallest absolute Gasteiger partial charge is 0.407 e. The van der Waals surface area contributed by atoms with Gasteiger partial charge in [-0.15, -0.1) is 0 Å². The summed E-state index contributed by atoms with van der Waals surface area (Å²) in [6.45, 7) is 1.53. The van der Waals surface area contributed by atoms with Crippen molar-refractivity contribution in [2.75, 3.05) is 18.0 Å². The summed E-state index contributed by atoms with van der Waals surface area (Å²) in [5, 5.41) is 10.3. The summed E-state index contributed by atoms with van der Waals surface area (Å²) < 4.78 is 16.5. The van der Waals surface area contributed by atoms with Gasteiger partial charge in [-0.25, -0.2) is 9.78 Å². The molecule has 1 N–H and O–H groups in total. The van der Waals surface area contributed by atoms with Gasteiger partial charge in [-0.05, 0) is 42.1 Å². The number of nitrogens with zero attached hydrogens (tertiary/aromatic N) is 5. The van der Waals surface area contributed by atoms with Gasteiger partial charge in [0.1, 0.15) is 23.7 Å². The Bertz CT molecular complexity index is 1280. The second-order valence-electron chi connectivity index (χ2n) is 8.29. The molecule has 6 rings (SSSR count). The van der Waals surface area contributed by atoms with E-state index in [-0.39, 0.29) is 12.1 Å². The van der Waals surface area contributed by atoms with E-state index in [1.165, 1.54) is 17.9 Å². The Kier molecular flexibility index (Phi) is 4.87. The number of hydrogen-bond donors (Lipinski definition) is 1. The van der Waals surface area contributed by atoms with Crippen LogP contribution in [0.2, 0.25) is 0 Å². The van der Waals surface area contributed by atoms with Gasteiger partial charge in [-0.1, -0.05) is 30.3 Å². The van der Waals surface area contributed by atoms with Crippen LogP contribution >= 0.6 is 11.5 Å². The van der Waals surface area contributed by atoms with E-state index in [2.05, 4.69) is 9.36 Å². The van der Waals surface area contributed by atoms with Gasteiger partial charge in [0.15, 0.2) is 11.1 Å². The van der Waals surface area contributed by atoms with Gasteiger partial charge in [0.2, 0.25) is 0 Å². The molecule has 2 aromatic heterocycles. The Balaban J connectivity index is 1.36. The van der Waals surface area contributed by atoms with Crippen LogP contribution in [0.5, 0.6) is 5.75 Å². The molecule has 2 saturated heterocycles. The number of carbonyl (C=O) groups is 1. The zero-order valence-electron chi connectivity index (χ0n) is 17.6. The van der Waals surface area contributed by atoms with Crippen molar-refractivity contribution in [1.29, 1.82) is 0 Å². The third-order valence-electron chi connectivity index (χ3n) is 6.30. The highest BCUT2D eigenvalue weighted by molar-refractivity contribution is 7.09. The molecule has 0 spiro atoms. The lowest BCUT2D eigenvalue weighted by Crippen LogP contribution is -2.55. The molecule has 1 amide bonds. The molecule has 2 aromatic carbocycles. The second-order valence-corrected chi connectivity index (χ2v) is 9.07. The summed E-state index contributed by atoms with van der Waals surface area (Å²) in [7, 11) is 0. The molecule has 2 aliphatic rings. The van der Waals surface area contributed by atoms with Gasteiger partial charge < -0.3 is 19.2 Å². The van der Waals surface area contributed by atoms with E-state index in [1.807, 2.05) is 47.4 Å². The van der Waals surface area contributed by atoms with Crippen LogP contribution < -0.4 is 9.64 Å². The molecule has 4 aromatic rings. The van der Waals surface area contributed by atoms with Crippen LogP contribution in [-0.2, 0) is 6.61 Å². The molecule has 168 valence electrons. The molecule has 2 atom stereocenters. The number of fused-ring (bicyclic) bond motifs is 3. The minimum Gasteiger partial charge on any atom is -0.486 e. The van der Waals surface area contributed by atoms with Crippen LogP contribution in [0.25, 0.3) is 21.7 Å². The van der Waals surface area contributed by atoms with E-state index in [1.54, 1.807) is 4.90 Å². The predicted molar refractivity (Wildman–Crippen MR) is 123 cm³/mol. The summed E-state index contributed by atoms with van der Waals surface area (Å²) in [6, 6.07) is 14.1. The number of ether oxygens (including phenoxy) is 1. The van der Waals surface area contributed by atoms with E-state index in [9.17, 15) is 9.90 Å². The van der Waals surface area contributed by atoms with E-state index >= 15 is 0 Å². The highest BCUT2D eigenvalue weighted by atomic mass is 32.1. The number of oxazole rings is 1. The van der Waals surface area contributed by atoms with Crippen LogP contribution in [0.1, 0.15) is 18.4 Å². The summed E-state index contributed by atoms with van der Waals surface area (Å²) in [5.74, 6) is 0.629. The number of piperazine rings is 1. The zero-order chi connectivity index (χ0) is 22.4. The Labute approximate surface area is 193 Å². The molecule has 4 heterocycles. The molecule has 10 heteroatoms. The van der Waals surface area contributed by atoms with Gasteiger partial charge in [0.25, 0.3) is 6.01 Å². The number of carboxylic acid groups (broad SMARTS) is 1. The van der Waals surface area contributed by atoms with E-state index in [0.717, 1.165) is 29.0 Å². The van der Waals surface area contributed by atoms with Gasteiger partial charge in [0.05, 0.1) is 17.6 Å². The molecule has 2 bridgehead atoms. The lowest BCUT2D eigenvalue weighted by atomic mass is 10.2. The fourth-order valence-electron chi connectivity index (χ4n) is 4.79. The SMILES string of the molecule is O=C(O)N1C2CCC1CN(c1nc3c(OCc4ccccc4)ccc(-c4ncns4)c3o1)C2. The average Bonchev–Trinajstić information content (AvgIpc) is 3.56. The molecule has 2 unspecified atom stereocenters. The molecule has 2 fully saturated rings. The monoisotopic (exact) mass is 463 g/mol. The molecule has 9 nitrogen and oxygen atoms in total. The highest BCUT2D eigenvalue weighted by Crippen LogP contribution is 2.39. The minimum absolute atomic E-state index is 0.0484. The molecule has 0 saturated carbocycles. The van der Waals surface area contributed by atoms with Crippen LogP contribution in [0.15, 0.2) is 53.2 Å². The Morgan fingerprint density at radius 3 is 2.64 bits per heavy atom. The maximum absolute atomic E-state index is 11.6. The fourth-order valence-corrected chi connectivity index (χ4v) is 5.34. The van der Waals surface area contributed by atoms with Crippen molar-refractivity contribution in [3.05, 3.63) is 54.4 Å². The summed E-state index contributed by atoms with van der Waals surface area (Å²) in [4.78, 5) is 24.4. The van der Waals surface area contributed by atoms with Crippen molar-refractivity contribution in [2.24, 2.45) is 0 Å². The Morgan fingerprint density at radius 2 is 1.94 bits per heavy atom. The second kappa shape index (κ2) is 8.04. The van der Waals surface area contributed by atoms with Crippen molar-refractivity contribution in [2.45, 2.75) is 31.5 Å². The summed E-state index contributed by atoms with van der Waals surface area (Å²) in [6.07, 6.45) is 2.38. The summed E-state index contributed by atoms with van der Waals surface area (Å²) in [5.41, 5.74) is 3.09. The number of aromatic nitrogens is 3. The summed E-state index contributed by atoms with van der Waals surface area (Å²) >= 11 is 1.29. The topological polar surface area (TPSA) is 105 Å². The number of hydrogen-bond acceptors (Lipinski definition) is 8. The fraction of sp³-hybridized carbons (Fsp3) is 0.304. The van der Waals surface area contributed by atoms with E-state index < -0.39 is 6.09 Å². The predicted octanol–water partition coefficient (Wildman–Crippen LogP) is 4.26.